The van der Waals surface area contributed by atoms with E-state index in [4.69, 9.17) is 0 Å². The van der Waals surface area contributed by atoms with E-state index in [9.17, 15) is 0 Å². The van der Waals surface area contributed by atoms with Crippen LogP contribution in [0.15, 0.2) is 0 Å². The minimum absolute atomic E-state index is 1.28. The van der Waals surface area contributed by atoms with Crippen molar-refractivity contribution in [2.75, 3.05) is 0 Å². The van der Waals surface area contributed by atoms with Crippen molar-refractivity contribution in [2.24, 2.45) is 0 Å². The zero-order valence-electron chi connectivity index (χ0n) is 5.31. The first-order valence-electron chi connectivity index (χ1n) is 3.46. The van der Waals surface area contributed by atoms with Gasteiger partial charge in [0.15, 0.2) is 0 Å². The molecule has 4 saturated heterocycles. The number of rotatable bonds is 0. The second-order valence-electron chi connectivity index (χ2n) is 2.73. The molecule has 0 aromatic heterocycles. The smallest absolute Gasteiger partial charge is 0.0308 e. The van der Waals surface area contributed by atoms with Crippen LogP contribution in [0.3, 0.4) is 0 Å². The third-order valence-corrected chi connectivity index (χ3v) is 18.0. The molecule has 0 amide bonds. The predicted octanol–water partition coefficient (Wildman–Crippen LogP) is -0.934. The Labute approximate surface area is 76.3 Å². The minimum Gasteiger partial charge on any atom is -0.0655 e. The molecule has 4 bridgehead atoms. The van der Waals surface area contributed by atoms with E-state index in [0.29, 0.717) is 0 Å². The zero-order chi connectivity index (χ0) is 6.55. The van der Waals surface area contributed by atoms with Gasteiger partial charge in [-0.15, -0.1) is 0 Å². The molecule has 12 radical (unpaired) electrons. The molecular formula is C4H4Si6. The normalized spacial score (nSPS) is 57.6. The van der Waals surface area contributed by atoms with E-state index in [1.165, 1.54) is 76.3 Å². The first-order chi connectivity index (χ1) is 4.90. The van der Waals surface area contributed by atoms with Crippen LogP contribution in [0, 0.1) is 0 Å². The second kappa shape index (κ2) is 2.39. The van der Waals surface area contributed by atoms with Crippen LogP contribution in [0.2, 0.25) is 19.2 Å². The molecule has 6 heteroatoms. The lowest BCUT2D eigenvalue weighted by molar-refractivity contribution is 1.34. The van der Waals surface area contributed by atoms with E-state index in [0.717, 1.165) is 0 Å². The Bertz CT molecular complexity index is 101. The summed E-state index contributed by atoms with van der Waals surface area (Å²) in [7, 11) is 8.54. The van der Waals surface area contributed by atoms with Crippen molar-refractivity contribution in [3.8, 4) is 0 Å². The lowest BCUT2D eigenvalue weighted by Crippen LogP contribution is -2.55. The summed E-state index contributed by atoms with van der Waals surface area (Å²) in [6.45, 7) is 0. The molecular weight excluding hydrogens is 217 g/mol. The lowest BCUT2D eigenvalue weighted by atomic mass is 11.6. The third-order valence-electron chi connectivity index (χ3n) is 2.00. The topological polar surface area (TPSA) is 0 Å². The molecule has 4 rings (SSSR count). The lowest BCUT2D eigenvalue weighted by Gasteiger charge is -2.47. The summed E-state index contributed by atoms with van der Waals surface area (Å²) < 4.78 is 0. The summed E-state index contributed by atoms with van der Waals surface area (Å²) in [4.78, 5) is 5.12. The van der Waals surface area contributed by atoms with E-state index in [2.05, 4.69) is 0 Å². The average molecular weight is 221 g/mol. The summed E-state index contributed by atoms with van der Waals surface area (Å²) in [5, 5.41) is 0. The Kier molecular flexibility index (Phi) is 1.62. The van der Waals surface area contributed by atoms with Gasteiger partial charge in [-0.05, 0) is 0 Å². The quantitative estimate of drug-likeness (QED) is 0.463. The Morgan fingerprint density at radius 3 is 0.800 bits per heavy atom. The SMILES string of the molecule is [Si]1C2[Si]C3[Si]C1[Si]C([Si]2)[Si]3. The Morgan fingerprint density at radius 1 is 0.400 bits per heavy atom. The van der Waals surface area contributed by atoms with Crippen LogP contribution >= 0.6 is 0 Å². The summed E-state index contributed by atoms with van der Waals surface area (Å²) in [5.74, 6) is 0. The van der Waals surface area contributed by atoms with Crippen LogP contribution in [-0.2, 0) is 0 Å². The fourth-order valence-corrected chi connectivity index (χ4v) is 32.2. The summed E-state index contributed by atoms with van der Waals surface area (Å²) in [6.07, 6.45) is 0. The molecule has 0 N–H and O–H groups in total. The van der Waals surface area contributed by atoms with Gasteiger partial charge >= 0.3 is 0 Å². The van der Waals surface area contributed by atoms with Crippen LogP contribution in [-0.4, -0.2) is 57.1 Å². The maximum Gasteiger partial charge on any atom is 0.0308 e. The van der Waals surface area contributed by atoms with Gasteiger partial charge in [0.1, 0.15) is 0 Å². The first kappa shape index (κ1) is 6.78. The maximum absolute atomic E-state index is 1.42. The Morgan fingerprint density at radius 2 is 0.600 bits per heavy atom. The van der Waals surface area contributed by atoms with Crippen LogP contribution in [0.25, 0.3) is 0 Å². The van der Waals surface area contributed by atoms with Crippen LogP contribution in [0.1, 0.15) is 0 Å². The summed E-state index contributed by atoms with van der Waals surface area (Å²) in [6, 6.07) is 0. The molecule has 4 aliphatic rings. The first-order valence-corrected chi connectivity index (χ1v) is 10.4. The van der Waals surface area contributed by atoms with E-state index in [1.807, 2.05) is 0 Å². The van der Waals surface area contributed by atoms with Gasteiger partial charge in [-0.25, -0.2) is 0 Å². The van der Waals surface area contributed by atoms with Gasteiger partial charge in [0.2, 0.25) is 0 Å². The highest BCUT2D eigenvalue weighted by Gasteiger charge is 2.44. The predicted molar refractivity (Wildman–Crippen MR) is 49.5 cm³/mol. The molecule has 0 saturated carbocycles. The van der Waals surface area contributed by atoms with Gasteiger partial charge in [-0.1, -0.05) is 19.2 Å². The van der Waals surface area contributed by atoms with E-state index >= 15 is 0 Å². The molecule has 4 heterocycles. The fourth-order valence-electron chi connectivity index (χ4n) is 1.58. The van der Waals surface area contributed by atoms with Gasteiger partial charge < -0.3 is 0 Å². The average Bonchev–Trinajstić information content (AvgIpc) is 1.82. The van der Waals surface area contributed by atoms with Crippen molar-refractivity contribution in [3.05, 3.63) is 0 Å². The highest BCUT2D eigenvalue weighted by molar-refractivity contribution is 7.12. The highest BCUT2D eigenvalue weighted by atomic mass is 28.5. The Hall–Kier alpha value is 1.30. The molecule has 0 aromatic carbocycles. The fraction of sp³-hybridized carbons (Fsp3) is 1.00. The van der Waals surface area contributed by atoms with Crippen LogP contribution in [0.5, 0.6) is 0 Å². The monoisotopic (exact) mass is 220 g/mol. The van der Waals surface area contributed by atoms with Gasteiger partial charge in [0.25, 0.3) is 0 Å². The van der Waals surface area contributed by atoms with Crippen molar-refractivity contribution >= 4 is 57.1 Å². The van der Waals surface area contributed by atoms with Crippen LogP contribution < -0.4 is 0 Å². The van der Waals surface area contributed by atoms with Gasteiger partial charge in [-0.3, -0.25) is 0 Å². The molecule has 0 nitrogen and oxygen atoms in total. The molecule has 4 fully saturated rings. The van der Waals surface area contributed by atoms with E-state index < -0.39 is 0 Å². The molecule has 4 aliphatic heterocycles. The molecule has 0 aliphatic carbocycles. The van der Waals surface area contributed by atoms with Crippen molar-refractivity contribution in [1.82, 2.24) is 0 Å². The third kappa shape index (κ3) is 1.00. The molecule has 10 heavy (non-hydrogen) atoms. The van der Waals surface area contributed by atoms with Gasteiger partial charge in [0.05, 0.1) is 0 Å². The highest BCUT2D eigenvalue weighted by Crippen LogP contribution is 2.39. The standard InChI is InChI=1S/C4H4Si6/c5-1-6-3-8-2(5)9-4(7-1)10-3/h1-4H. The summed E-state index contributed by atoms with van der Waals surface area (Å²) in [5.41, 5.74) is 0. The maximum atomic E-state index is 1.42. The van der Waals surface area contributed by atoms with E-state index in [-0.39, 0.29) is 0 Å². The molecule has 0 spiro atoms. The molecule has 0 aromatic rings. The molecule has 0 unspecified atom stereocenters. The van der Waals surface area contributed by atoms with Crippen LogP contribution in [0.4, 0.5) is 0 Å². The van der Waals surface area contributed by atoms with Crippen molar-refractivity contribution in [3.63, 3.8) is 0 Å². The number of hydrogen-bond acceptors (Lipinski definition) is 0. The van der Waals surface area contributed by atoms with Crippen molar-refractivity contribution in [1.29, 1.82) is 0 Å². The van der Waals surface area contributed by atoms with Crippen molar-refractivity contribution in [2.45, 2.75) is 19.2 Å². The largest absolute Gasteiger partial charge is 0.0655 e. The van der Waals surface area contributed by atoms with Crippen molar-refractivity contribution < 1.29 is 0 Å². The number of hydrogen-bond donors (Lipinski definition) is 0. The Balaban J connectivity index is 1.90. The second-order valence-corrected chi connectivity index (χ2v) is 18.6. The van der Waals surface area contributed by atoms with Gasteiger partial charge in [-0.2, -0.15) is 0 Å². The summed E-state index contributed by atoms with van der Waals surface area (Å²) >= 11 is 0. The minimum atomic E-state index is 1.28. The van der Waals surface area contributed by atoms with Gasteiger partial charge in [0, 0.05) is 57.1 Å². The molecule has 0 atom stereocenters. The van der Waals surface area contributed by atoms with E-state index in [1.54, 1.807) is 0 Å². The molecule has 44 valence electrons. The zero-order valence-corrected chi connectivity index (χ0v) is 11.3.